The maximum absolute atomic E-state index is 11.3. The van der Waals surface area contributed by atoms with Crippen molar-refractivity contribution in [3.05, 3.63) is 22.4 Å². The number of hydrogen-bond acceptors (Lipinski definition) is 3. The van der Waals surface area contributed by atoms with Gasteiger partial charge < -0.3 is 5.11 Å². The van der Waals surface area contributed by atoms with Crippen LogP contribution in [0.25, 0.3) is 0 Å². The lowest BCUT2D eigenvalue weighted by atomic mass is 10.1. The van der Waals surface area contributed by atoms with Crippen LogP contribution in [0.1, 0.15) is 30.2 Å². The topological polar surface area (TPSA) is 40.5 Å². The molecule has 0 spiro atoms. The van der Waals surface area contributed by atoms with Crippen molar-refractivity contribution < 1.29 is 9.90 Å². The molecule has 82 valence electrons. The molecule has 1 aliphatic rings. The van der Waals surface area contributed by atoms with Gasteiger partial charge in [0.25, 0.3) is 0 Å². The third-order valence-corrected chi connectivity index (χ3v) is 3.73. The zero-order valence-electron chi connectivity index (χ0n) is 8.56. The molecular formula is C11H15NO2S. The molecule has 2 heterocycles. The summed E-state index contributed by atoms with van der Waals surface area (Å²) in [5, 5.41) is 11.2. The molecule has 0 amide bonds. The lowest BCUT2D eigenvalue weighted by molar-refractivity contribution is -0.143. The number of carbonyl (C=O) groups is 1. The Morgan fingerprint density at radius 1 is 1.40 bits per heavy atom. The minimum atomic E-state index is -0.723. The van der Waals surface area contributed by atoms with Crippen LogP contribution in [-0.2, 0) is 4.79 Å². The lowest BCUT2D eigenvalue weighted by Gasteiger charge is -2.31. The fourth-order valence-electron chi connectivity index (χ4n) is 2.08. The highest BCUT2D eigenvalue weighted by atomic mass is 32.1. The summed E-state index contributed by atoms with van der Waals surface area (Å²) in [6, 6.07) is 3.41. The van der Waals surface area contributed by atoms with Gasteiger partial charge in [-0.25, -0.2) is 0 Å². The molecule has 15 heavy (non-hydrogen) atoms. The normalized spacial score (nSPS) is 20.0. The molecule has 0 saturated carbocycles. The monoisotopic (exact) mass is 225 g/mol. The average molecular weight is 225 g/mol. The Morgan fingerprint density at radius 2 is 2.13 bits per heavy atom. The molecule has 0 bridgehead atoms. The largest absolute Gasteiger partial charge is 0.480 e. The Kier molecular flexibility index (Phi) is 3.38. The highest BCUT2D eigenvalue weighted by Gasteiger charge is 2.28. The van der Waals surface area contributed by atoms with Gasteiger partial charge in [-0.05, 0) is 37.4 Å². The van der Waals surface area contributed by atoms with E-state index in [4.69, 9.17) is 0 Å². The highest BCUT2D eigenvalue weighted by Crippen LogP contribution is 2.27. The second kappa shape index (κ2) is 4.77. The first-order valence-corrected chi connectivity index (χ1v) is 6.17. The van der Waals surface area contributed by atoms with Gasteiger partial charge in [0.15, 0.2) is 0 Å². The number of likely N-dealkylation sites (tertiary alicyclic amines) is 1. The number of carboxylic acids is 1. The van der Waals surface area contributed by atoms with Crippen LogP contribution in [0.15, 0.2) is 17.5 Å². The lowest BCUT2D eigenvalue weighted by Crippen LogP contribution is -2.37. The highest BCUT2D eigenvalue weighted by molar-refractivity contribution is 7.10. The predicted molar refractivity (Wildman–Crippen MR) is 60.1 cm³/mol. The van der Waals surface area contributed by atoms with E-state index in [-0.39, 0.29) is 0 Å². The maximum Gasteiger partial charge on any atom is 0.326 e. The number of nitrogens with zero attached hydrogens (tertiary/aromatic N) is 1. The molecule has 1 aromatic rings. The van der Waals surface area contributed by atoms with Crippen molar-refractivity contribution >= 4 is 17.3 Å². The van der Waals surface area contributed by atoms with Crippen LogP contribution in [0.4, 0.5) is 0 Å². The van der Waals surface area contributed by atoms with Crippen LogP contribution < -0.4 is 0 Å². The van der Waals surface area contributed by atoms with Crippen molar-refractivity contribution in [3.63, 3.8) is 0 Å². The van der Waals surface area contributed by atoms with Gasteiger partial charge in [0.2, 0.25) is 0 Å². The van der Waals surface area contributed by atoms with Crippen LogP contribution in [0.2, 0.25) is 0 Å². The van der Waals surface area contributed by atoms with Crippen LogP contribution >= 0.6 is 11.3 Å². The van der Waals surface area contributed by atoms with E-state index in [1.54, 1.807) is 0 Å². The molecule has 0 aliphatic carbocycles. The molecule has 4 heteroatoms. The Labute approximate surface area is 93.3 Å². The Bertz CT molecular complexity index is 317. The third-order valence-electron chi connectivity index (χ3n) is 2.80. The molecule has 3 nitrogen and oxygen atoms in total. The smallest absolute Gasteiger partial charge is 0.326 e. The first-order chi connectivity index (χ1) is 7.29. The Balaban J connectivity index is 2.15. The maximum atomic E-state index is 11.3. The standard InChI is InChI=1S/C11H15NO2S/c13-11(14)10(9-5-4-8-15-9)12-6-2-1-3-7-12/h4-5,8,10H,1-3,6-7H2,(H,13,14)/t10-/m0/s1. The van der Waals surface area contributed by atoms with Gasteiger partial charge in [-0.1, -0.05) is 12.5 Å². The average Bonchev–Trinajstić information content (AvgIpc) is 2.72. The fraction of sp³-hybridized carbons (Fsp3) is 0.545. The van der Waals surface area contributed by atoms with E-state index in [9.17, 15) is 9.90 Å². The number of piperidine rings is 1. The molecular weight excluding hydrogens is 210 g/mol. The van der Waals surface area contributed by atoms with E-state index in [0.717, 1.165) is 30.8 Å². The van der Waals surface area contributed by atoms with Crippen LogP contribution in [-0.4, -0.2) is 29.1 Å². The number of carboxylic acid groups (broad SMARTS) is 1. The molecule has 0 radical (unpaired) electrons. The summed E-state index contributed by atoms with van der Waals surface area (Å²) in [7, 11) is 0. The molecule has 2 rings (SSSR count). The van der Waals surface area contributed by atoms with Gasteiger partial charge >= 0.3 is 5.97 Å². The van der Waals surface area contributed by atoms with Crippen molar-refractivity contribution in [2.75, 3.05) is 13.1 Å². The minimum absolute atomic E-state index is 0.426. The molecule has 1 aromatic heterocycles. The first kappa shape index (κ1) is 10.6. The Morgan fingerprint density at radius 3 is 2.67 bits per heavy atom. The van der Waals surface area contributed by atoms with E-state index >= 15 is 0 Å². The van der Waals surface area contributed by atoms with E-state index < -0.39 is 12.0 Å². The molecule has 1 N–H and O–H groups in total. The molecule has 0 unspecified atom stereocenters. The fourth-order valence-corrected chi connectivity index (χ4v) is 2.93. The minimum Gasteiger partial charge on any atom is -0.480 e. The summed E-state index contributed by atoms with van der Waals surface area (Å²) in [5.41, 5.74) is 0. The Hall–Kier alpha value is -0.870. The second-order valence-corrected chi connectivity index (χ2v) is 4.83. The van der Waals surface area contributed by atoms with Crippen molar-refractivity contribution in [1.29, 1.82) is 0 Å². The summed E-state index contributed by atoms with van der Waals surface area (Å²) in [6.45, 7) is 1.82. The first-order valence-electron chi connectivity index (χ1n) is 5.29. The van der Waals surface area contributed by atoms with Gasteiger partial charge in [-0.2, -0.15) is 0 Å². The molecule has 1 aliphatic heterocycles. The molecule has 1 saturated heterocycles. The molecule has 1 fully saturated rings. The summed E-state index contributed by atoms with van der Waals surface area (Å²) < 4.78 is 0. The quantitative estimate of drug-likeness (QED) is 0.858. The van der Waals surface area contributed by atoms with Gasteiger partial charge in [-0.15, -0.1) is 11.3 Å². The van der Waals surface area contributed by atoms with Gasteiger partial charge in [0.1, 0.15) is 6.04 Å². The summed E-state index contributed by atoms with van der Waals surface area (Å²) in [5.74, 6) is -0.723. The van der Waals surface area contributed by atoms with E-state index in [1.165, 1.54) is 17.8 Å². The van der Waals surface area contributed by atoms with E-state index in [1.807, 2.05) is 17.5 Å². The summed E-state index contributed by atoms with van der Waals surface area (Å²) in [6.07, 6.45) is 3.47. The zero-order chi connectivity index (χ0) is 10.7. The second-order valence-electron chi connectivity index (χ2n) is 3.85. The van der Waals surface area contributed by atoms with Crippen molar-refractivity contribution in [3.8, 4) is 0 Å². The summed E-state index contributed by atoms with van der Waals surface area (Å²) in [4.78, 5) is 14.3. The number of aliphatic carboxylic acids is 1. The predicted octanol–water partition coefficient (Wildman–Crippen LogP) is 2.36. The van der Waals surface area contributed by atoms with Crippen LogP contribution in [0, 0.1) is 0 Å². The summed E-state index contributed by atoms with van der Waals surface area (Å²) >= 11 is 1.53. The molecule has 1 atom stereocenters. The SMILES string of the molecule is O=C(O)[C@H](c1cccs1)N1CCCCC1. The van der Waals surface area contributed by atoms with Crippen molar-refractivity contribution in [2.45, 2.75) is 25.3 Å². The zero-order valence-corrected chi connectivity index (χ0v) is 9.37. The number of thiophene rings is 1. The third kappa shape index (κ3) is 2.38. The van der Waals surface area contributed by atoms with Crippen molar-refractivity contribution in [2.24, 2.45) is 0 Å². The number of hydrogen-bond donors (Lipinski definition) is 1. The van der Waals surface area contributed by atoms with Gasteiger partial charge in [0.05, 0.1) is 0 Å². The van der Waals surface area contributed by atoms with Crippen LogP contribution in [0.5, 0.6) is 0 Å². The van der Waals surface area contributed by atoms with E-state index in [2.05, 4.69) is 4.90 Å². The van der Waals surface area contributed by atoms with E-state index in [0.29, 0.717) is 0 Å². The van der Waals surface area contributed by atoms with Crippen LogP contribution in [0.3, 0.4) is 0 Å². The number of rotatable bonds is 3. The van der Waals surface area contributed by atoms with Crippen molar-refractivity contribution in [1.82, 2.24) is 4.90 Å². The van der Waals surface area contributed by atoms with Gasteiger partial charge in [-0.3, -0.25) is 9.69 Å². The molecule has 0 aromatic carbocycles. The van der Waals surface area contributed by atoms with Gasteiger partial charge in [0, 0.05) is 4.88 Å².